The molecule has 8 heteroatoms. The number of amides is 2. The predicted octanol–water partition coefficient (Wildman–Crippen LogP) is 2.57. The van der Waals surface area contributed by atoms with Gasteiger partial charge in [0.15, 0.2) is 5.17 Å². The van der Waals surface area contributed by atoms with Gasteiger partial charge < -0.3 is 14.8 Å². The quantitative estimate of drug-likeness (QED) is 0.810. The summed E-state index contributed by atoms with van der Waals surface area (Å²) in [4.78, 5) is 27.1. The molecule has 2 rings (SSSR count). The number of thioether (sulfide) groups is 1. The van der Waals surface area contributed by atoms with Crippen LogP contribution in [0.2, 0.25) is 0 Å². The molecule has 0 saturated heterocycles. The summed E-state index contributed by atoms with van der Waals surface area (Å²) in [7, 11) is 3.09. The van der Waals surface area contributed by atoms with Crippen LogP contribution in [-0.4, -0.2) is 31.2 Å². The Kier molecular flexibility index (Phi) is 5.25. The molecule has 0 radical (unpaired) electrons. The van der Waals surface area contributed by atoms with E-state index >= 15 is 0 Å². The standard InChI is InChI=1S/C14H13BrN2O4S/c1-7(18)16-14-17-13(19)12(22-14)5-8-4-9(15)11(21-3)6-10(8)20-2/h4-6H,1-3H3,(H,16,17,18,19)/b12-5-. The lowest BCUT2D eigenvalue weighted by molar-refractivity contribution is -0.117. The zero-order chi connectivity index (χ0) is 16.3. The van der Waals surface area contributed by atoms with Gasteiger partial charge in [0.25, 0.3) is 5.91 Å². The molecule has 1 N–H and O–H groups in total. The van der Waals surface area contributed by atoms with Crippen LogP contribution < -0.4 is 14.8 Å². The van der Waals surface area contributed by atoms with Gasteiger partial charge in [0.2, 0.25) is 5.91 Å². The molecule has 1 aliphatic rings. The van der Waals surface area contributed by atoms with Crippen molar-refractivity contribution < 1.29 is 19.1 Å². The highest BCUT2D eigenvalue weighted by Crippen LogP contribution is 2.36. The van der Waals surface area contributed by atoms with Crippen LogP contribution >= 0.6 is 27.7 Å². The number of carbonyl (C=O) groups is 2. The number of benzene rings is 1. The van der Waals surface area contributed by atoms with Gasteiger partial charge in [-0.15, -0.1) is 0 Å². The number of halogens is 1. The number of hydrogen-bond donors (Lipinski definition) is 1. The Morgan fingerprint density at radius 2 is 2.00 bits per heavy atom. The number of rotatable bonds is 3. The Labute approximate surface area is 140 Å². The van der Waals surface area contributed by atoms with Crippen LogP contribution in [0.4, 0.5) is 0 Å². The number of ether oxygens (including phenoxy) is 2. The molecule has 0 atom stereocenters. The van der Waals surface area contributed by atoms with Crippen molar-refractivity contribution in [1.82, 2.24) is 5.32 Å². The van der Waals surface area contributed by atoms with Crippen LogP contribution in [-0.2, 0) is 9.59 Å². The summed E-state index contributed by atoms with van der Waals surface area (Å²) in [6, 6.07) is 3.51. The Hall–Kier alpha value is -1.80. The topological polar surface area (TPSA) is 77.0 Å². The van der Waals surface area contributed by atoms with Gasteiger partial charge in [-0.05, 0) is 39.8 Å². The van der Waals surface area contributed by atoms with E-state index in [9.17, 15) is 9.59 Å². The number of carbonyl (C=O) groups excluding carboxylic acids is 2. The minimum atomic E-state index is -0.400. The fourth-order valence-electron chi connectivity index (χ4n) is 1.75. The van der Waals surface area contributed by atoms with Crippen LogP contribution in [0.3, 0.4) is 0 Å². The lowest BCUT2D eigenvalue weighted by Gasteiger charge is -2.10. The second-order valence-electron chi connectivity index (χ2n) is 4.24. The van der Waals surface area contributed by atoms with Gasteiger partial charge in [0.05, 0.1) is 23.6 Å². The minimum absolute atomic E-state index is 0.273. The first-order chi connectivity index (χ1) is 10.4. The fourth-order valence-corrected chi connectivity index (χ4v) is 3.12. The van der Waals surface area contributed by atoms with Gasteiger partial charge in [-0.25, -0.2) is 0 Å². The molecule has 0 spiro atoms. The maximum absolute atomic E-state index is 11.9. The zero-order valence-corrected chi connectivity index (χ0v) is 14.5. The third-order valence-electron chi connectivity index (χ3n) is 2.69. The molecule has 22 heavy (non-hydrogen) atoms. The molecule has 1 aromatic carbocycles. The Morgan fingerprint density at radius 3 is 2.59 bits per heavy atom. The average Bonchev–Trinajstić information content (AvgIpc) is 2.78. The average molecular weight is 385 g/mol. The number of nitrogens with zero attached hydrogens (tertiary/aromatic N) is 1. The fraction of sp³-hybridized carbons (Fsp3) is 0.214. The van der Waals surface area contributed by atoms with Gasteiger partial charge in [-0.3, -0.25) is 9.59 Å². The molecule has 0 saturated carbocycles. The van der Waals surface area contributed by atoms with Crippen LogP contribution in [0.1, 0.15) is 12.5 Å². The van der Waals surface area contributed by atoms with E-state index in [0.717, 1.165) is 16.2 Å². The summed E-state index contributed by atoms with van der Waals surface area (Å²) in [6.45, 7) is 1.36. The number of hydrogen-bond acceptors (Lipinski definition) is 5. The molecule has 1 heterocycles. The molecule has 0 fully saturated rings. The van der Waals surface area contributed by atoms with E-state index < -0.39 is 5.91 Å². The highest BCUT2D eigenvalue weighted by Gasteiger charge is 2.23. The molecule has 1 aliphatic heterocycles. The van der Waals surface area contributed by atoms with E-state index in [1.165, 1.54) is 14.0 Å². The van der Waals surface area contributed by atoms with Crippen molar-refractivity contribution in [1.29, 1.82) is 0 Å². The predicted molar refractivity (Wildman–Crippen MR) is 89.1 cm³/mol. The lowest BCUT2D eigenvalue weighted by atomic mass is 10.1. The largest absolute Gasteiger partial charge is 0.496 e. The third kappa shape index (κ3) is 3.69. The van der Waals surface area contributed by atoms with E-state index in [-0.39, 0.29) is 11.1 Å². The van der Waals surface area contributed by atoms with Gasteiger partial charge in [-0.1, -0.05) is 0 Å². The first-order valence-electron chi connectivity index (χ1n) is 6.16. The summed E-state index contributed by atoms with van der Waals surface area (Å²) in [5.74, 6) is 0.515. The van der Waals surface area contributed by atoms with Gasteiger partial charge in [0.1, 0.15) is 11.5 Å². The van der Waals surface area contributed by atoms with Crippen LogP contribution in [0.25, 0.3) is 6.08 Å². The second kappa shape index (κ2) is 6.97. The molecule has 0 bridgehead atoms. The molecular formula is C14H13BrN2O4S. The van der Waals surface area contributed by atoms with E-state index in [1.807, 2.05) is 0 Å². The Balaban J connectivity index is 2.32. The zero-order valence-electron chi connectivity index (χ0n) is 12.1. The van der Waals surface area contributed by atoms with Crippen molar-refractivity contribution in [3.8, 4) is 11.5 Å². The van der Waals surface area contributed by atoms with E-state index in [1.54, 1.807) is 25.3 Å². The molecule has 116 valence electrons. The molecule has 0 unspecified atom stereocenters. The van der Waals surface area contributed by atoms with Crippen LogP contribution in [0.5, 0.6) is 11.5 Å². The highest BCUT2D eigenvalue weighted by atomic mass is 79.9. The van der Waals surface area contributed by atoms with Gasteiger partial charge >= 0.3 is 0 Å². The van der Waals surface area contributed by atoms with Gasteiger partial charge in [-0.2, -0.15) is 4.99 Å². The molecule has 2 amide bonds. The van der Waals surface area contributed by atoms with E-state index in [0.29, 0.717) is 22.0 Å². The van der Waals surface area contributed by atoms with E-state index in [2.05, 4.69) is 26.2 Å². The first-order valence-corrected chi connectivity index (χ1v) is 7.77. The monoisotopic (exact) mass is 384 g/mol. The number of aliphatic imine (C=N–C) groups is 1. The van der Waals surface area contributed by atoms with Crippen molar-refractivity contribution in [3.63, 3.8) is 0 Å². The molecular weight excluding hydrogens is 372 g/mol. The maximum Gasteiger partial charge on any atom is 0.286 e. The van der Waals surface area contributed by atoms with Crippen molar-refractivity contribution in [2.75, 3.05) is 14.2 Å². The number of amidine groups is 1. The lowest BCUT2D eigenvalue weighted by Crippen LogP contribution is -2.23. The van der Waals surface area contributed by atoms with Gasteiger partial charge in [0, 0.05) is 18.6 Å². The summed E-state index contributed by atoms with van der Waals surface area (Å²) in [5, 5.41) is 2.77. The summed E-state index contributed by atoms with van der Waals surface area (Å²) in [6.07, 6.45) is 1.66. The smallest absolute Gasteiger partial charge is 0.286 e. The van der Waals surface area contributed by atoms with Crippen molar-refractivity contribution in [3.05, 3.63) is 27.1 Å². The number of methoxy groups -OCH3 is 2. The molecule has 0 aliphatic carbocycles. The Bertz CT molecular complexity index is 700. The van der Waals surface area contributed by atoms with E-state index in [4.69, 9.17) is 9.47 Å². The second-order valence-corrected chi connectivity index (χ2v) is 6.13. The number of nitrogens with one attached hydrogen (secondary N) is 1. The summed E-state index contributed by atoms with van der Waals surface area (Å²) < 4.78 is 11.2. The first kappa shape index (κ1) is 16.6. The normalized spacial score (nSPS) is 15.7. The summed E-state index contributed by atoms with van der Waals surface area (Å²) >= 11 is 4.50. The minimum Gasteiger partial charge on any atom is -0.496 e. The SMILES string of the molecule is COc1cc(OC)c(/C=C2\SC(NC(C)=O)=NC2=O)cc1Br. The molecule has 6 nitrogen and oxygen atoms in total. The van der Waals surface area contributed by atoms with Crippen LogP contribution in [0.15, 0.2) is 26.5 Å². The van der Waals surface area contributed by atoms with Crippen LogP contribution in [0, 0.1) is 0 Å². The Morgan fingerprint density at radius 1 is 1.32 bits per heavy atom. The molecule has 1 aromatic rings. The third-order valence-corrected chi connectivity index (χ3v) is 4.21. The van der Waals surface area contributed by atoms with Crippen molar-refractivity contribution in [2.45, 2.75) is 6.92 Å². The van der Waals surface area contributed by atoms with Crippen molar-refractivity contribution >= 4 is 50.7 Å². The van der Waals surface area contributed by atoms with Crippen molar-refractivity contribution in [2.24, 2.45) is 4.99 Å². The molecule has 0 aromatic heterocycles. The highest BCUT2D eigenvalue weighted by molar-refractivity contribution is 9.10. The maximum atomic E-state index is 11.9. The summed E-state index contributed by atoms with van der Waals surface area (Å²) in [5.41, 5.74) is 0.699.